The monoisotopic (exact) mass is 398 g/mol. The molecule has 9 heteroatoms. The summed E-state index contributed by atoms with van der Waals surface area (Å²) in [6, 6.07) is 6.72. The largest absolute Gasteiger partial charge is 0.416 e. The van der Waals surface area contributed by atoms with E-state index >= 15 is 0 Å². The maximum Gasteiger partial charge on any atom is 0.416 e. The third-order valence-electron chi connectivity index (χ3n) is 4.21. The SMILES string of the molecule is Cc1nc(NC2=CCC(C#N)C=C2)c(C=N)c(Nc2ccc(C(F)(F)F)cc2)n1. The van der Waals surface area contributed by atoms with Crippen LogP contribution in [-0.4, -0.2) is 16.2 Å². The summed E-state index contributed by atoms with van der Waals surface area (Å²) in [5, 5.41) is 22.8. The maximum atomic E-state index is 12.7. The van der Waals surface area contributed by atoms with Crippen molar-refractivity contribution in [3.8, 4) is 6.07 Å². The van der Waals surface area contributed by atoms with Crippen molar-refractivity contribution in [2.75, 3.05) is 10.6 Å². The lowest BCUT2D eigenvalue weighted by Gasteiger charge is -2.17. The fourth-order valence-electron chi connectivity index (χ4n) is 2.73. The van der Waals surface area contributed by atoms with Crippen molar-refractivity contribution in [1.82, 2.24) is 9.97 Å². The number of halogens is 3. The van der Waals surface area contributed by atoms with Crippen LogP contribution in [0.3, 0.4) is 0 Å². The van der Waals surface area contributed by atoms with Crippen molar-refractivity contribution < 1.29 is 13.2 Å². The van der Waals surface area contributed by atoms with Gasteiger partial charge >= 0.3 is 6.18 Å². The zero-order valence-corrected chi connectivity index (χ0v) is 15.4. The van der Waals surface area contributed by atoms with Crippen LogP contribution < -0.4 is 10.6 Å². The summed E-state index contributed by atoms with van der Waals surface area (Å²) in [4.78, 5) is 8.60. The third kappa shape index (κ3) is 4.79. The average Bonchev–Trinajstić information content (AvgIpc) is 2.68. The Morgan fingerprint density at radius 2 is 1.83 bits per heavy atom. The van der Waals surface area contributed by atoms with Crippen LogP contribution in [0.4, 0.5) is 30.5 Å². The van der Waals surface area contributed by atoms with Gasteiger partial charge in [0.25, 0.3) is 0 Å². The van der Waals surface area contributed by atoms with Gasteiger partial charge in [-0.1, -0.05) is 12.2 Å². The smallest absolute Gasteiger partial charge is 0.340 e. The number of hydrogen-bond donors (Lipinski definition) is 3. The molecule has 3 rings (SSSR count). The Kier molecular flexibility index (Phi) is 5.64. The van der Waals surface area contributed by atoms with Gasteiger partial charge in [0.05, 0.1) is 23.1 Å². The Morgan fingerprint density at radius 3 is 2.34 bits per heavy atom. The Labute approximate surface area is 165 Å². The first kappa shape index (κ1) is 20.1. The number of nitrogens with zero attached hydrogens (tertiary/aromatic N) is 3. The summed E-state index contributed by atoms with van der Waals surface area (Å²) >= 11 is 0. The van der Waals surface area contributed by atoms with E-state index in [1.54, 1.807) is 19.1 Å². The molecule has 0 aliphatic heterocycles. The lowest BCUT2D eigenvalue weighted by molar-refractivity contribution is -0.137. The van der Waals surface area contributed by atoms with Gasteiger partial charge in [-0.15, -0.1) is 0 Å². The lowest BCUT2D eigenvalue weighted by Crippen LogP contribution is -2.11. The van der Waals surface area contributed by atoms with Crippen molar-refractivity contribution in [2.45, 2.75) is 19.5 Å². The molecule has 0 saturated heterocycles. The summed E-state index contributed by atoms with van der Waals surface area (Å²) in [6.07, 6.45) is 2.64. The molecule has 0 spiro atoms. The Morgan fingerprint density at radius 1 is 1.17 bits per heavy atom. The Bertz CT molecular complexity index is 1020. The number of benzene rings is 1. The molecule has 0 bridgehead atoms. The van der Waals surface area contributed by atoms with Crippen LogP contribution >= 0.6 is 0 Å². The van der Waals surface area contributed by atoms with E-state index in [2.05, 4.69) is 26.7 Å². The summed E-state index contributed by atoms with van der Waals surface area (Å²) in [5.74, 6) is 0.924. The molecule has 0 amide bonds. The lowest BCUT2D eigenvalue weighted by atomic mass is 10.0. The van der Waals surface area contributed by atoms with Crippen LogP contribution in [-0.2, 0) is 6.18 Å². The normalized spacial score (nSPS) is 16.0. The van der Waals surface area contributed by atoms with E-state index in [0.717, 1.165) is 24.0 Å². The number of alkyl halides is 3. The van der Waals surface area contributed by atoms with Gasteiger partial charge in [-0.25, -0.2) is 9.97 Å². The first-order valence-electron chi connectivity index (χ1n) is 8.68. The first-order valence-corrected chi connectivity index (χ1v) is 8.68. The molecular weight excluding hydrogens is 381 g/mol. The number of rotatable bonds is 5. The van der Waals surface area contributed by atoms with E-state index in [9.17, 15) is 13.2 Å². The van der Waals surface area contributed by atoms with Gasteiger partial charge in [0.15, 0.2) is 0 Å². The second kappa shape index (κ2) is 8.14. The molecule has 0 fully saturated rings. The van der Waals surface area contributed by atoms with Crippen LogP contribution in [0.15, 0.2) is 48.2 Å². The molecule has 3 N–H and O–H groups in total. The minimum Gasteiger partial charge on any atom is -0.340 e. The minimum atomic E-state index is -4.41. The molecule has 1 atom stereocenters. The molecule has 0 saturated carbocycles. The Balaban J connectivity index is 1.87. The van der Waals surface area contributed by atoms with Crippen LogP contribution in [0.5, 0.6) is 0 Å². The second-order valence-electron chi connectivity index (χ2n) is 6.34. The van der Waals surface area contributed by atoms with Crippen molar-refractivity contribution in [2.24, 2.45) is 5.92 Å². The minimum absolute atomic E-state index is 0.174. The van der Waals surface area contributed by atoms with Crippen molar-refractivity contribution in [3.63, 3.8) is 0 Å². The standard InChI is InChI=1S/C20H17F3N6/c1-12-26-18(28-15-6-2-13(10-24)3-7-15)17(11-25)19(27-12)29-16-8-4-14(5-9-16)20(21,22)23/h2,4-9,11,13,25H,3H2,1H3,(H2,26,27,28,29). The van der Waals surface area contributed by atoms with E-state index in [4.69, 9.17) is 10.7 Å². The fourth-order valence-corrected chi connectivity index (χ4v) is 2.73. The van der Waals surface area contributed by atoms with E-state index in [1.807, 2.05) is 6.08 Å². The van der Waals surface area contributed by atoms with E-state index < -0.39 is 11.7 Å². The molecule has 1 aliphatic rings. The molecule has 0 radical (unpaired) electrons. The highest BCUT2D eigenvalue weighted by atomic mass is 19.4. The summed E-state index contributed by atoms with van der Waals surface area (Å²) < 4.78 is 38.2. The van der Waals surface area contributed by atoms with Crippen molar-refractivity contribution in [3.05, 3.63) is 65.1 Å². The van der Waals surface area contributed by atoms with E-state index in [-0.39, 0.29) is 5.92 Å². The Hall–Kier alpha value is -3.67. The van der Waals surface area contributed by atoms with Gasteiger partial charge in [-0.05, 0) is 43.7 Å². The van der Waals surface area contributed by atoms with Gasteiger partial charge in [0, 0.05) is 17.6 Å². The van der Waals surface area contributed by atoms with Crippen LogP contribution in [0.25, 0.3) is 0 Å². The fraction of sp³-hybridized carbons (Fsp3) is 0.200. The quantitative estimate of drug-likeness (QED) is 0.620. The highest BCUT2D eigenvalue weighted by Crippen LogP contribution is 2.31. The highest BCUT2D eigenvalue weighted by Gasteiger charge is 2.30. The number of hydrogen-bond acceptors (Lipinski definition) is 6. The number of nitriles is 1. The molecule has 1 aromatic carbocycles. The van der Waals surface area contributed by atoms with Gasteiger partial charge in [0.2, 0.25) is 0 Å². The van der Waals surface area contributed by atoms with Crippen LogP contribution in [0.2, 0.25) is 0 Å². The molecule has 2 aromatic rings. The van der Waals surface area contributed by atoms with Gasteiger partial charge in [-0.2, -0.15) is 18.4 Å². The number of anilines is 3. The number of allylic oxidation sites excluding steroid dienone is 3. The highest BCUT2D eigenvalue weighted by molar-refractivity contribution is 5.92. The average molecular weight is 398 g/mol. The van der Waals surface area contributed by atoms with Crippen molar-refractivity contribution in [1.29, 1.82) is 10.7 Å². The summed E-state index contributed by atoms with van der Waals surface area (Å²) in [5.41, 5.74) is 0.743. The molecule has 1 unspecified atom stereocenters. The number of nitrogens with one attached hydrogen (secondary N) is 3. The van der Waals surface area contributed by atoms with Gasteiger partial charge in [-0.3, -0.25) is 0 Å². The first-order chi connectivity index (χ1) is 13.8. The third-order valence-corrected chi connectivity index (χ3v) is 4.21. The number of aromatic nitrogens is 2. The molecule has 29 heavy (non-hydrogen) atoms. The molecule has 1 aromatic heterocycles. The zero-order chi connectivity index (χ0) is 21.0. The maximum absolute atomic E-state index is 12.7. The summed E-state index contributed by atoms with van der Waals surface area (Å²) in [7, 11) is 0. The van der Waals surface area contributed by atoms with Gasteiger partial charge < -0.3 is 16.0 Å². The molecule has 6 nitrogen and oxygen atoms in total. The van der Waals surface area contributed by atoms with Crippen LogP contribution in [0.1, 0.15) is 23.4 Å². The van der Waals surface area contributed by atoms with E-state index in [1.165, 1.54) is 12.1 Å². The van der Waals surface area contributed by atoms with Gasteiger partial charge in [0.1, 0.15) is 17.5 Å². The second-order valence-corrected chi connectivity index (χ2v) is 6.34. The molecule has 1 heterocycles. The molecule has 1 aliphatic carbocycles. The zero-order valence-electron chi connectivity index (χ0n) is 15.4. The molecular formula is C20H17F3N6. The summed E-state index contributed by atoms with van der Waals surface area (Å²) in [6.45, 7) is 1.67. The van der Waals surface area contributed by atoms with Crippen LogP contribution in [0, 0.1) is 29.6 Å². The van der Waals surface area contributed by atoms with Crippen molar-refractivity contribution >= 4 is 23.5 Å². The molecule has 148 valence electrons. The number of aryl methyl sites for hydroxylation is 1. The predicted molar refractivity (Wildman–Crippen MR) is 104 cm³/mol. The van der Waals surface area contributed by atoms with E-state index in [0.29, 0.717) is 35.1 Å². The predicted octanol–water partition coefficient (Wildman–Crippen LogP) is 4.94. The topological polar surface area (TPSA) is 97.5 Å².